The molecule has 7 nitrogen and oxygen atoms in total. The molecule has 1 heterocycles. The van der Waals surface area contributed by atoms with E-state index < -0.39 is 10.0 Å². The van der Waals surface area contributed by atoms with Crippen molar-refractivity contribution in [2.24, 2.45) is 0 Å². The van der Waals surface area contributed by atoms with Crippen LogP contribution >= 0.6 is 22.9 Å². The van der Waals surface area contributed by atoms with Gasteiger partial charge >= 0.3 is 0 Å². The third-order valence-electron chi connectivity index (χ3n) is 3.89. The second kappa shape index (κ2) is 8.36. The summed E-state index contributed by atoms with van der Waals surface area (Å²) < 4.78 is 26.4. The molecule has 0 aliphatic heterocycles. The van der Waals surface area contributed by atoms with Gasteiger partial charge in [0.15, 0.2) is 0 Å². The number of hydrogen-bond acceptors (Lipinski definition) is 6. The highest BCUT2D eigenvalue weighted by Gasteiger charge is 2.26. The summed E-state index contributed by atoms with van der Waals surface area (Å²) in [5.74, 6) is -0.380. The minimum absolute atomic E-state index is 0.115. The summed E-state index contributed by atoms with van der Waals surface area (Å²) in [6.07, 6.45) is 0. The standard InChI is InChI=1S/C18H17ClN4O3S2/c1-12-3-7-14(8-4-12)16(24)20-17-21-22-18(27-17)28(25,26)23(2)11-13-5-9-15(19)10-6-13/h3-10H,11H2,1-2H3,(H,20,21,24). The Balaban J connectivity index is 1.71. The van der Waals surface area contributed by atoms with Crippen LogP contribution in [0.15, 0.2) is 52.9 Å². The first kappa shape index (κ1) is 20.4. The molecule has 0 bridgehead atoms. The molecule has 0 unspecified atom stereocenters. The van der Waals surface area contributed by atoms with Crippen LogP contribution < -0.4 is 5.32 Å². The second-order valence-corrected chi connectivity index (χ2v) is 9.71. The van der Waals surface area contributed by atoms with Crippen molar-refractivity contribution in [3.63, 3.8) is 0 Å². The molecule has 3 rings (SSSR count). The van der Waals surface area contributed by atoms with Gasteiger partial charge in [-0.3, -0.25) is 10.1 Å². The van der Waals surface area contributed by atoms with Gasteiger partial charge in [-0.25, -0.2) is 8.42 Å². The molecular formula is C18H17ClN4O3S2. The molecule has 0 spiro atoms. The Kier molecular flexibility index (Phi) is 6.09. The highest BCUT2D eigenvalue weighted by molar-refractivity contribution is 7.91. The number of benzene rings is 2. The molecule has 0 fully saturated rings. The Bertz CT molecular complexity index is 1080. The minimum Gasteiger partial charge on any atom is -0.296 e. The fourth-order valence-electron chi connectivity index (χ4n) is 2.30. The van der Waals surface area contributed by atoms with Crippen LogP contribution in [0.25, 0.3) is 0 Å². The molecule has 2 aromatic carbocycles. The number of carbonyl (C=O) groups excluding carboxylic acids is 1. The Morgan fingerprint density at radius 3 is 2.39 bits per heavy atom. The fraction of sp³-hybridized carbons (Fsp3) is 0.167. The molecule has 3 aromatic rings. The smallest absolute Gasteiger partial charge is 0.272 e. The van der Waals surface area contributed by atoms with Crippen molar-refractivity contribution in [1.82, 2.24) is 14.5 Å². The number of nitrogens with zero attached hydrogens (tertiary/aromatic N) is 3. The fourth-order valence-corrected chi connectivity index (χ4v) is 4.67. The molecule has 10 heteroatoms. The van der Waals surface area contributed by atoms with Crippen LogP contribution in [0.2, 0.25) is 5.02 Å². The Morgan fingerprint density at radius 2 is 1.75 bits per heavy atom. The molecule has 146 valence electrons. The molecule has 0 aliphatic carbocycles. The number of aromatic nitrogens is 2. The third-order valence-corrected chi connectivity index (χ3v) is 7.13. The lowest BCUT2D eigenvalue weighted by Gasteiger charge is -2.14. The van der Waals surface area contributed by atoms with Crippen LogP contribution in [0.3, 0.4) is 0 Å². The highest BCUT2D eigenvalue weighted by atomic mass is 35.5. The lowest BCUT2D eigenvalue weighted by Crippen LogP contribution is -2.26. The highest BCUT2D eigenvalue weighted by Crippen LogP contribution is 2.24. The van der Waals surface area contributed by atoms with Crippen molar-refractivity contribution in [1.29, 1.82) is 0 Å². The number of amides is 1. The number of sulfonamides is 1. The van der Waals surface area contributed by atoms with E-state index in [1.54, 1.807) is 36.4 Å². The van der Waals surface area contributed by atoms with E-state index in [0.717, 1.165) is 22.5 Å². The monoisotopic (exact) mass is 436 g/mol. The van der Waals surface area contributed by atoms with Gasteiger partial charge in [0.2, 0.25) is 9.47 Å². The van der Waals surface area contributed by atoms with E-state index >= 15 is 0 Å². The molecule has 28 heavy (non-hydrogen) atoms. The molecular weight excluding hydrogens is 420 g/mol. The number of aryl methyl sites for hydroxylation is 1. The van der Waals surface area contributed by atoms with E-state index in [1.165, 1.54) is 11.4 Å². The van der Waals surface area contributed by atoms with Crippen molar-refractivity contribution >= 4 is 44.0 Å². The predicted octanol–water partition coefficient (Wildman–Crippen LogP) is 3.57. The summed E-state index contributed by atoms with van der Waals surface area (Å²) in [5.41, 5.74) is 2.27. The number of carbonyl (C=O) groups is 1. The van der Waals surface area contributed by atoms with E-state index in [4.69, 9.17) is 11.6 Å². The number of nitrogens with one attached hydrogen (secondary N) is 1. The van der Waals surface area contributed by atoms with Crippen LogP contribution in [0.4, 0.5) is 5.13 Å². The van der Waals surface area contributed by atoms with Crippen molar-refractivity contribution in [2.45, 2.75) is 17.8 Å². The first-order valence-corrected chi connectivity index (χ1v) is 10.8. The van der Waals surface area contributed by atoms with Crippen molar-refractivity contribution in [2.75, 3.05) is 12.4 Å². The predicted molar refractivity (Wildman–Crippen MR) is 109 cm³/mol. The minimum atomic E-state index is -3.84. The van der Waals surface area contributed by atoms with E-state index in [2.05, 4.69) is 15.5 Å². The van der Waals surface area contributed by atoms with E-state index in [9.17, 15) is 13.2 Å². The van der Waals surface area contributed by atoms with Crippen LogP contribution in [-0.2, 0) is 16.6 Å². The van der Waals surface area contributed by atoms with Gasteiger partial charge in [0.1, 0.15) is 0 Å². The van der Waals surface area contributed by atoms with Gasteiger partial charge in [0.25, 0.3) is 15.9 Å². The Morgan fingerprint density at radius 1 is 1.11 bits per heavy atom. The topological polar surface area (TPSA) is 92.3 Å². The summed E-state index contributed by atoms with van der Waals surface area (Å²) in [6.45, 7) is 2.08. The molecule has 0 radical (unpaired) electrons. The van der Waals surface area contributed by atoms with Crippen LogP contribution in [0.1, 0.15) is 21.5 Å². The van der Waals surface area contributed by atoms with Crippen molar-refractivity contribution in [3.05, 3.63) is 70.2 Å². The van der Waals surface area contributed by atoms with Crippen LogP contribution in [-0.4, -0.2) is 35.9 Å². The summed E-state index contributed by atoms with van der Waals surface area (Å²) in [6, 6.07) is 13.9. The molecule has 1 aromatic heterocycles. The van der Waals surface area contributed by atoms with Crippen molar-refractivity contribution in [3.8, 4) is 0 Å². The Hall–Kier alpha value is -2.33. The van der Waals surface area contributed by atoms with E-state index in [0.29, 0.717) is 10.6 Å². The van der Waals surface area contributed by atoms with Gasteiger partial charge in [-0.05, 0) is 36.8 Å². The largest absolute Gasteiger partial charge is 0.296 e. The van der Waals surface area contributed by atoms with Gasteiger partial charge < -0.3 is 0 Å². The first-order valence-electron chi connectivity index (χ1n) is 8.18. The number of halogens is 1. The second-order valence-electron chi connectivity index (χ2n) is 6.08. The Labute approximate surface area is 172 Å². The number of anilines is 1. The maximum Gasteiger partial charge on any atom is 0.272 e. The zero-order chi connectivity index (χ0) is 20.3. The quantitative estimate of drug-likeness (QED) is 0.596. The molecule has 0 atom stereocenters. The molecule has 0 aliphatic rings. The normalized spacial score (nSPS) is 11.6. The molecule has 1 amide bonds. The van der Waals surface area contributed by atoms with E-state index in [1.807, 2.05) is 19.1 Å². The lowest BCUT2D eigenvalue weighted by atomic mass is 10.1. The van der Waals surface area contributed by atoms with E-state index in [-0.39, 0.29) is 21.9 Å². The van der Waals surface area contributed by atoms with Gasteiger partial charge in [0.05, 0.1) is 0 Å². The zero-order valence-electron chi connectivity index (χ0n) is 15.1. The maximum absolute atomic E-state index is 12.7. The third kappa shape index (κ3) is 4.74. The zero-order valence-corrected chi connectivity index (χ0v) is 17.5. The molecule has 0 saturated heterocycles. The van der Waals surface area contributed by atoms with Crippen molar-refractivity contribution < 1.29 is 13.2 Å². The average Bonchev–Trinajstić information content (AvgIpc) is 3.13. The van der Waals surface area contributed by atoms with Gasteiger partial charge in [-0.1, -0.05) is 52.8 Å². The van der Waals surface area contributed by atoms with Crippen LogP contribution in [0, 0.1) is 6.92 Å². The molecule has 1 N–H and O–H groups in total. The summed E-state index contributed by atoms with van der Waals surface area (Å²) >= 11 is 6.65. The average molecular weight is 437 g/mol. The van der Waals surface area contributed by atoms with Gasteiger partial charge in [-0.15, -0.1) is 10.2 Å². The lowest BCUT2D eigenvalue weighted by molar-refractivity contribution is 0.102. The SMILES string of the molecule is Cc1ccc(C(=O)Nc2nnc(S(=O)(=O)N(C)Cc3ccc(Cl)cc3)s2)cc1. The number of rotatable bonds is 6. The van der Waals surface area contributed by atoms with Gasteiger partial charge in [-0.2, -0.15) is 4.31 Å². The number of hydrogen-bond donors (Lipinski definition) is 1. The summed E-state index contributed by atoms with van der Waals surface area (Å²) in [4.78, 5) is 12.2. The maximum atomic E-state index is 12.7. The first-order chi connectivity index (χ1) is 13.3. The summed E-state index contributed by atoms with van der Waals surface area (Å²) in [5, 5.41) is 10.8. The summed E-state index contributed by atoms with van der Waals surface area (Å²) in [7, 11) is -2.38. The van der Waals surface area contributed by atoms with Crippen LogP contribution in [0.5, 0.6) is 0 Å². The van der Waals surface area contributed by atoms with Gasteiger partial charge in [0, 0.05) is 24.2 Å². The molecule has 0 saturated carbocycles.